The Labute approximate surface area is 199 Å². The van der Waals surface area contributed by atoms with E-state index in [0.29, 0.717) is 28.2 Å². The highest BCUT2D eigenvalue weighted by Crippen LogP contribution is 2.57. The van der Waals surface area contributed by atoms with Crippen molar-refractivity contribution < 1.29 is 19.1 Å². The van der Waals surface area contributed by atoms with E-state index in [2.05, 4.69) is 0 Å². The fourth-order valence-corrected chi connectivity index (χ4v) is 4.74. The maximum Gasteiger partial charge on any atom is 0.340 e. The van der Waals surface area contributed by atoms with E-state index in [0.717, 1.165) is 22.5 Å². The summed E-state index contributed by atoms with van der Waals surface area (Å²) in [5, 5.41) is 0. The molecule has 5 rings (SSSR count). The normalized spacial score (nSPS) is 14.7. The predicted octanol–water partition coefficient (Wildman–Crippen LogP) is 5.23. The van der Waals surface area contributed by atoms with E-state index in [9.17, 15) is 9.59 Å². The lowest BCUT2D eigenvalue weighted by Crippen LogP contribution is -2.33. The lowest BCUT2D eigenvalue weighted by molar-refractivity contribution is 0.0224. The van der Waals surface area contributed by atoms with E-state index in [4.69, 9.17) is 9.47 Å². The SMILES string of the molecule is CC(C)C(=O)c1ccc2c(c1)C1(OC2=O)c2ccc(N(C)C)cc2Oc2cc(N(C)C)ccc21. The van der Waals surface area contributed by atoms with Crippen LogP contribution >= 0.6 is 0 Å². The number of anilines is 2. The quantitative estimate of drug-likeness (QED) is 0.396. The van der Waals surface area contributed by atoms with Crippen LogP contribution in [0.2, 0.25) is 0 Å². The van der Waals surface area contributed by atoms with E-state index >= 15 is 0 Å². The van der Waals surface area contributed by atoms with Gasteiger partial charge in [0, 0.05) is 79.9 Å². The Morgan fingerprint density at radius 1 is 0.794 bits per heavy atom. The lowest BCUT2D eigenvalue weighted by atomic mass is 9.76. The van der Waals surface area contributed by atoms with Crippen molar-refractivity contribution in [3.05, 3.63) is 82.4 Å². The fourth-order valence-electron chi connectivity index (χ4n) is 4.74. The largest absolute Gasteiger partial charge is 0.456 e. The van der Waals surface area contributed by atoms with Crippen molar-refractivity contribution >= 4 is 23.1 Å². The van der Waals surface area contributed by atoms with E-state index < -0.39 is 11.6 Å². The molecular formula is C28H28N2O4. The molecule has 0 aromatic heterocycles. The summed E-state index contributed by atoms with van der Waals surface area (Å²) in [6, 6.07) is 17.0. The van der Waals surface area contributed by atoms with Gasteiger partial charge in [-0.05, 0) is 36.4 Å². The highest BCUT2D eigenvalue weighted by Gasteiger charge is 2.53. The molecule has 0 saturated carbocycles. The van der Waals surface area contributed by atoms with Gasteiger partial charge in [0.05, 0.1) is 5.56 Å². The van der Waals surface area contributed by atoms with E-state index in [-0.39, 0.29) is 11.7 Å². The molecule has 2 aliphatic rings. The molecule has 34 heavy (non-hydrogen) atoms. The van der Waals surface area contributed by atoms with Gasteiger partial charge in [-0.1, -0.05) is 19.9 Å². The van der Waals surface area contributed by atoms with Gasteiger partial charge in [0.15, 0.2) is 11.4 Å². The van der Waals surface area contributed by atoms with Crippen LogP contribution in [0.1, 0.15) is 51.3 Å². The van der Waals surface area contributed by atoms with E-state index in [1.165, 1.54) is 0 Å². The minimum absolute atomic E-state index is 0.0238. The molecule has 0 saturated heterocycles. The zero-order chi connectivity index (χ0) is 24.4. The highest BCUT2D eigenvalue weighted by atomic mass is 16.6. The standard InChI is InChI=1S/C28H28N2O4/c1-16(2)26(31)17-7-10-20-23(13-17)28(34-27(20)32)21-11-8-18(29(3)4)14-24(21)33-25-15-19(30(5)6)9-12-22(25)28/h7-16H,1-6H3. The van der Waals surface area contributed by atoms with Crippen LogP contribution in [-0.2, 0) is 10.3 Å². The molecule has 1 spiro atoms. The molecule has 0 radical (unpaired) electrons. The molecule has 6 heteroatoms. The topological polar surface area (TPSA) is 59.1 Å². The Kier molecular flexibility index (Phi) is 4.93. The van der Waals surface area contributed by atoms with Crippen molar-refractivity contribution in [2.45, 2.75) is 19.4 Å². The summed E-state index contributed by atoms with van der Waals surface area (Å²) < 4.78 is 12.7. The van der Waals surface area contributed by atoms with Crippen LogP contribution in [0.5, 0.6) is 11.5 Å². The third kappa shape index (κ3) is 3.09. The zero-order valence-corrected chi connectivity index (χ0v) is 20.3. The third-order valence-electron chi connectivity index (χ3n) is 6.62. The van der Waals surface area contributed by atoms with Crippen molar-refractivity contribution in [2.24, 2.45) is 5.92 Å². The number of fused-ring (bicyclic) bond motifs is 6. The Morgan fingerprint density at radius 3 is 1.85 bits per heavy atom. The average Bonchev–Trinajstić information content (AvgIpc) is 3.10. The second kappa shape index (κ2) is 7.62. The highest BCUT2D eigenvalue weighted by molar-refractivity contribution is 6.02. The molecule has 0 unspecified atom stereocenters. The number of ether oxygens (including phenoxy) is 2. The summed E-state index contributed by atoms with van der Waals surface area (Å²) in [5.41, 5.74) is 3.92. The van der Waals surface area contributed by atoms with E-state index in [1.807, 2.05) is 94.3 Å². The molecule has 2 heterocycles. The number of hydrogen-bond donors (Lipinski definition) is 0. The van der Waals surface area contributed by atoms with Gasteiger partial charge in [0.1, 0.15) is 11.5 Å². The molecule has 0 fully saturated rings. The second-order valence-electron chi connectivity index (χ2n) is 9.60. The maximum absolute atomic E-state index is 13.2. The molecule has 6 nitrogen and oxygen atoms in total. The van der Waals surface area contributed by atoms with Crippen molar-refractivity contribution in [3.8, 4) is 11.5 Å². The summed E-state index contributed by atoms with van der Waals surface area (Å²) in [6.07, 6.45) is 0. The average molecular weight is 457 g/mol. The molecule has 174 valence electrons. The van der Waals surface area contributed by atoms with Crippen LogP contribution in [0.25, 0.3) is 0 Å². The first-order valence-electron chi connectivity index (χ1n) is 11.4. The lowest BCUT2D eigenvalue weighted by Gasteiger charge is -2.37. The number of benzene rings is 3. The van der Waals surface area contributed by atoms with Gasteiger partial charge in [-0.3, -0.25) is 4.79 Å². The molecule has 0 aliphatic carbocycles. The predicted molar refractivity (Wildman–Crippen MR) is 133 cm³/mol. The van der Waals surface area contributed by atoms with Crippen LogP contribution < -0.4 is 14.5 Å². The minimum atomic E-state index is -1.20. The number of nitrogens with zero attached hydrogens (tertiary/aromatic N) is 2. The summed E-state index contributed by atoms with van der Waals surface area (Å²) in [5.74, 6) is 0.694. The zero-order valence-electron chi connectivity index (χ0n) is 20.3. The third-order valence-corrected chi connectivity index (χ3v) is 6.62. The molecule has 0 atom stereocenters. The number of esters is 1. The number of Topliss-reactive ketones (excluding diaryl/α,β-unsaturated/α-hetero) is 1. The summed E-state index contributed by atoms with van der Waals surface area (Å²) in [6.45, 7) is 3.75. The van der Waals surface area contributed by atoms with Crippen LogP contribution in [-0.4, -0.2) is 39.9 Å². The molecule has 0 bridgehead atoms. The molecule has 3 aromatic rings. The number of rotatable bonds is 4. The smallest absolute Gasteiger partial charge is 0.340 e. The first-order valence-corrected chi connectivity index (χ1v) is 11.4. The van der Waals surface area contributed by atoms with Gasteiger partial charge in [-0.25, -0.2) is 4.79 Å². The molecular weight excluding hydrogens is 428 g/mol. The monoisotopic (exact) mass is 456 g/mol. The van der Waals surface area contributed by atoms with Gasteiger partial charge in [0.25, 0.3) is 0 Å². The molecule has 2 aliphatic heterocycles. The van der Waals surface area contributed by atoms with Gasteiger partial charge >= 0.3 is 5.97 Å². The maximum atomic E-state index is 13.2. The molecule has 0 amide bonds. The Hall–Kier alpha value is -3.80. The minimum Gasteiger partial charge on any atom is -0.456 e. The van der Waals surface area contributed by atoms with Crippen molar-refractivity contribution in [1.29, 1.82) is 0 Å². The van der Waals surface area contributed by atoms with Gasteiger partial charge < -0.3 is 19.3 Å². The van der Waals surface area contributed by atoms with Crippen LogP contribution in [0.3, 0.4) is 0 Å². The molecule has 3 aromatic carbocycles. The van der Waals surface area contributed by atoms with Crippen molar-refractivity contribution in [3.63, 3.8) is 0 Å². The van der Waals surface area contributed by atoms with Gasteiger partial charge in [-0.2, -0.15) is 0 Å². The van der Waals surface area contributed by atoms with Crippen molar-refractivity contribution in [2.75, 3.05) is 38.0 Å². The summed E-state index contributed by atoms with van der Waals surface area (Å²) in [7, 11) is 7.86. The number of carbonyl (C=O) groups excluding carboxylic acids is 2. The van der Waals surface area contributed by atoms with Crippen LogP contribution in [0, 0.1) is 5.92 Å². The number of hydrogen-bond acceptors (Lipinski definition) is 6. The number of carbonyl (C=O) groups is 2. The summed E-state index contributed by atoms with van der Waals surface area (Å²) >= 11 is 0. The van der Waals surface area contributed by atoms with Crippen LogP contribution in [0.15, 0.2) is 54.6 Å². The summed E-state index contributed by atoms with van der Waals surface area (Å²) in [4.78, 5) is 30.0. The second-order valence-corrected chi connectivity index (χ2v) is 9.60. The first kappa shape index (κ1) is 22.0. The van der Waals surface area contributed by atoms with Crippen LogP contribution in [0.4, 0.5) is 11.4 Å². The number of ketones is 1. The van der Waals surface area contributed by atoms with E-state index in [1.54, 1.807) is 12.1 Å². The first-order chi connectivity index (χ1) is 16.1. The Bertz CT molecular complexity index is 1280. The fraction of sp³-hybridized carbons (Fsp3) is 0.286. The van der Waals surface area contributed by atoms with Gasteiger partial charge in [-0.15, -0.1) is 0 Å². The van der Waals surface area contributed by atoms with Gasteiger partial charge in [0.2, 0.25) is 0 Å². The Morgan fingerprint density at radius 2 is 1.35 bits per heavy atom. The Balaban J connectivity index is 1.83. The van der Waals surface area contributed by atoms with Crippen molar-refractivity contribution in [1.82, 2.24) is 0 Å². The molecule has 0 N–H and O–H groups in total.